The Hall–Kier alpha value is -3.02. The van der Waals surface area contributed by atoms with Gasteiger partial charge < -0.3 is 10.3 Å². The fourth-order valence-electron chi connectivity index (χ4n) is 2.44. The summed E-state index contributed by atoms with van der Waals surface area (Å²) < 4.78 is 13.2. The Morgan fingerprint density at radius 1 is 1.17 bits per heavy atom. The standard InChI is InChI=1S/C18H16FN3O2/c19-15-3-1-13-9-14(18(24)22-16(13)10-15)2-4-17(23)21-11-12-5-7-20-8-6-12/h1,3,5-10H,2,4,11H2,(H,21,23)(H,22,24). The van der Waals surface area contributed by atoms with Crippen molar-refractivity contribution in [2.75, 3.05) is 0 Å². The van der Waals surface area contributed by atoms with Crippen molar-refractivity contribution in [2.45, 2.75) is 19.4 Å². The molecule has 0 unspecified atom stereocenters. The molecule has 6 heteroatoms. The summed E-state index contributed by atoms with van der Waals surface area (Å²) >= 11 is 0. The zero-order valence-corrected chi connectivity index (χ0v) is 12.9. The Balaban J connectivity index is 1.62. The maximum Gasteiger partial charge on any atom is 0.251 e. The second kappa shape index (κ2) is 7.04. The van der Waals surface area contributed by atoms with Crippen LogP contribution in [-0.4, -0.2) is 15.9 Å². The first-order valence-electron chi connectivity index (χ1n) is 7.59. The molecule has 0 fully saturated rings. The van der Waals surface area contributed by atoms with Crippen LogP contribution in [0.5, 0.6) is 0 Å². The molecule has 1 aromatic carbocycles. The van der Waals surface area contributed by atoms with Crippen molar-refractivity contribution < 1.29 is 9.18 Å². The minimum Gasteiger partial charge on any atom is -0.352 e. The molecule has 0 atom stereocenters. The molecule has 0 aliphatic carbocycles. The van der Waals surface area contributed by atoms with Gasteiger partial charge in [0.1, 0.15) is 5.82 Å². The zero-order chi connectivity index (χ0) is 16.9. The molecule has 1 amide bonds. The van der Waals surface area contributed by atoms with E-state index in [0.29, 0.717) is 24.0 Å². The largest absolute Gasteiger partial charge is 0.352 e. The molecule has 0 spiro atoms. The number of halogens is 1. The highest BCUT2D eigenvalue weighted by Crippen LogP contribution is 2.13. The zero-order valence-electron chi connectivity index (χ0n) is 12.9. The predicted octanol–water partition coefficient (Wildman–Crippen LogP) is 2.31. The van der Waals surface area contributed by atoms with Crippen LogP contribution in [0.3, 0.4) is 0 Å². The van der Waals surface area contributed by atoms with Gasteiger partial charge in [-0.3, -0.25) is 14.6 Å². The number of pyridine rings is 2. The number of nitrogens with one attached hydrogen (secondary N) is 2. The summed E-state index contributed by atoms with van der Waals surface area (Å²) in [5.41, 5.74) is 1.62. The molecule has 2 aromatic heterocycles. The lowest BCUT2D eigenvalue weighted by atomic mass is 10.1. The molecule has 0 saturated heterocycles. The van der Waals surface area contributed by atoms with E-state index < -0.39 is 5.82 Å². The van der Waals surface area contributed by atoms with Crippen LogP contribution in [0.25, 0.3) is 10.9 Å². The third-order valence-corrected chi connectivity index (χ3v) is 3.75. The lowest BCUT2D eigenvalue weighted by molar-refractivity contribution is -0.121. The van der Waals surface area contributed by atoms with E-state index in [1.54, 1.807) is 24.5 Å². The number of carbonyl (C=O) groups excluding carboxylic acids is 1. The molecule has 122 valence electrons. The number of hydrogen-bond donors (Lipinski definition) is 2. The van der Waals surface area contributed by atoms with Crippen molar-refractivity contribution in [1.29, 1.82) is 0 Å². The van der Waals surface area contributed by atoms with Crippen molar-refractivity contribution in [3.05, 3.63) is 76.1 Å². The van der Waals surface area contributed by atoms with Gasteiger partial charge in [0, 0.05) is 30.9 Å². The van der Waals surface area contributed by atoms with Crippen LogP contribution in [0, 0.1) is 5.82 Å². The van der Waals surface area contributed by atoms with E-state index in [-0.39, 0.29) is 17.9 Å². The molecular formula is C18H16FN3O2. The number of nitrogens with zero attached hydrogens (tertiary/aromatic N) is 1. The molecule has 0 aliphatic rings. The van der Waals surface area contributed by atoms with Crippen LogP contribution >= 0.6 is 0 Å². The van der Waals surface area contributed by atoms with Gasteiger partial charge in [-0.25, -0.2) is 4.39 Å². The highest BCUT2D eigenvalue weighted by atomic mass is 19.1. The number of carbonyl (C=O) groups is 1. The van der Waals surface area contributed by atoms with Crippen LogP contribution in [0.2, 0.25) is 0 Å². The number of fused-ring (bicyclic) bond motifs is 1. The topological polar surface area (TPSA) is 74.8 Å². The van der Waals surface area contributed by atoms with Gasteiger partial charge in [-0.15, -0.1) is 0 Å². The summed E-state index contributed by atoms with van der Waals surface area (Å²) in [6.45, 7) is 0.425. The highest BCUT2D eigenvalue weighted by molar-refractivity contribution is 5.79. The summed E-state index contributed by atoms with van der Waals surface area (Å²) in [5.74, 6) is -0.535. The van der Waals surface area contributed by atoms with Gasteiger partial charge in [-0.05, 0) is 53.8 Å². The molecule has 0 aliphatic heterocycles. The van der Waals surface area contributed by atoms with E-state index in [2.05, 4.69) is 15.3 Å². The van der Waals surface area contributed by atoms with Crippen LogP contribution in [-0.2, 0) is 17.8 Å². The van der Waals surface area contributed by atoms with Crippen molar-refractivity contribution >= 4 is 16.8 Å². The lowest BCUT2D eigenvalue weighted by Crippen LogP contribution is -2.24. The summed E-state index contributed by atoms with van der Waals surface area (Å²) in [6, 6.07) is 9.58. The number of aryl methyl sites for hydroxylation is 1. The predicted molar refractivity (Wildman–Crippen MR) is 88.9 cm³/mol. The van der Waals surface area contributed by atoms with Crippen molar-refractivity contribution in [3.63, 3.8) is 0 Å². The molecule has 2 heterocycles. The molecule has 3 aromatic rings. The minimum absolute atomic E-state index is 0.134. The molecule has 3 rings (SSSR count). The molecule has 5 nitrogen and oxygen atoms in total. The number of aromatic amines is 1. The summed E-state index contributed by atoms with van der Waals surface area (Å²) in [6.07, 6.45) is 3.86. The van der Waals surface area contributed by atoms with Crippen LogP contribution in [0.1, 0.15) is 17.5 Å². The van der Waals surface area contributed by atoms with E-state index >= 15 is 0 Å². The molecule has 24 heavy (non-hydrogen) atoms. The molecule has 0 radical (unpaired) electrons. The second-order valence-corrected chi connectivity index (χ2v) is 5.49. The van der Waals surface area contributed by atoms with Gasteiger partial charge in [0.05, 0.1) is 5.52 Å². The fraction of sp³-hybridized carbons (Fsp3) is 0.167. The fourth-order valence-corrected chi connectivity index (χ4v) is 2.44. The quantitative estimate of drug-likeness (QED) is 0.756. The molecule has 0 bridgehead atoms. The number of rotatable bonds is 5. The minimum atomic E-state index is -0.401. The van der Waals surface area contributed by atoms with E-state index in [1.165, 1.54) is 12.1 Å². The first-order valence-corrected chi connectivity index (χ1v) is 7.59. The summed E-state index contributed by atoms with van der Waals surface area (Å²) in [5, 5.41) is 3.54. The van der Waals surface area contributed by atoms with E-state index in [9.17, 15) is 14.0 Å². The van der Waals surface area contributed by atoms with Crippen molar-refractivity contribution in [1.82, 2.24) is 15.3 Å². The van der Waals surface area contributed by atoms with E-state index in [1.807, 2.05) is 12.1 Å². The monoisotopic (exact) mass is 325 g/mol. The van der Waals surface area contributed by atoms with Crippen molar-refractivity contribution in [2.24, 2.45) is 0 Å². The Morgan fingerprint density at radius 3 is 2.75 bits per heavy atom. The van der Waals surface area contributed by atoms with Crippen LogP contribution in [0.15, 0.2) is 53.6 Å². The summed E-state index contributed by atoms with van der Waals surface area (Å²) in [4.78, 5) is 30.5. The number of hydrogen-bond acceptors (Lipinski definition) is 3. The first-order chi connectivity index (χ1) is 11.6. The van der Waals surface area contributed by atoms with E-state index in [0.717, 1.165) is 10.9 Å². The van der Waals surface area contributed by atoms with Gasteiger partial charge in [0.2, 0.25) is 5.91 Å². The summed E-state index contributed by atoms with van der Waals surface area (Å²) in [7, 11) is 0. The molecule has 2 N–H and O–H groups in total. The normalized spacial score (nSPS) is 10.7. The Labute approximate surface area is 137 Å². The van der Waals surface area contributed by atoms with Gasteiger partial charge >= 0.3 is 0 Å². The van der Waals surface area contributed by atoms with E-state index in [4.69, 9.17) is 0 Å². The number of benzene rings is 1. The average Bonchev–Trinajstić information content (AvgIpc) is 2.59. The second-order valence-electron chi connectivity index (χ2n) is 5.49. The highest BCUT2D eigenvalue weighted by Gasteiger charge is 2.07. The first kappa shape index (κ1) is 15.9. The Kier molecular flexibility index (Phi) is 4.65. The van der Waals surface area contributed by atoms with Gasteiger partial charge in [-0.2, -0.15) is 0 Å². The van der Waals surface area contributed by atoms with Crippen LogP contribution < -0.4 is 10.9 Å². The Morgan fingerprint density at radius 2 is 1.96 bits per heavy atom. The third kappa shape index (κ3) is 3.84. The SMILES string of the molecule is O=C(CCc1cc2ccc(F)cc2[nH]c1=O)NCc1ccncc1. The van der Waals surface area contributed by atoms with Crippen molar-refractivity contribution in [3.8, 4) is 0 Å². The number of amides is 1. The number of aromatic nitrogens is 2. The Bertz CT molecular complexity index is 922. The smallest absolute Gasteiger partial charge is 0.251 e. The maximum atomic E-state index is 13.2. The van der Waals surface area contributed by atoms with Gasteiger partial charge in [0.15, 0.2) is 0 Å². The molecule has 0 saturated carbocycles. The maximum absolute atomic E-state index is 13.2. The van der Waals surface area contributed by atoms with Gasteiger partial charge in [0.25, 0.3) is 5.56 Å². The average molecular weight is 325 g/mol. The lowest BCUT2D eigenvalue weighted by Gasteiger charge is -2.06. The number of H-pyrrole nitrogens is 1. The third-order valence-electron chi connectivity index (χ3n) is 3.75. The molecular weight excluding hydrogens is 309 g/mol. The van der Waals surface area contributed by atoms with Crippen LogP contribution in [0.4, 0.5) is 4.39 Å². The van der Waals surface area contributed by atoms with Gasteiger partial charge in [-0.1, -0.05) is 0 Å².